The van der Waals surface area contributed by atoms with Crippen LogP contribution in [0.3, 0.4) is 0 Å². The molecule has 0 saturated carbocycles. The number of benzene rings is 9. The smallest absolute Gasteiger partial charge is 0.164 e. The summed E-state index contributed by atoms with van der Waals surface area (Å²) in [7, 11) is 0. The second-order valence-corrected chi connectivity index (χ2v) is 16.6. The van der Waals surface area contributed by atoms with Crippen LogP contribution in [-0.2, 0) is 0 Å². The zero-order valence-electron chi connectivity index (χ0n) is 33.4. The van der Waals surface area contributed by atoms with E-state index in [1.54, 1.807) is 0 Å². The number of aromatic nitrogens is 3. The van der Waals surface area contributed by atoms with Crippen molar-refractivity contribution in [3.63, 3.8) is 0 Å². The summed E-state index contributed by atoms with van der Waals surface area (Å²) in [6.07, 6.45) is 0. The molecule has 0 amide bonds. The van der Waals surface area contributed by atoms with Gasteiger partial charge >= 0.3 is 0 Å². The molecule has 0 aliphatic heterocycles. The maximum atomic E-state index is 6.36. The number of fused-ring (bicyclic) bond motifs is 6. The lowest BCUT2D eigenvalue weighted by molar-refractivity contribution is 0.669. The lowest BCUT2D eigenvalue weighted by atomic mass is 9.94. The normalized spacial score (nSPS) is 11.5. The highest BCUT2D eigenvalue weighted by molar-refractivity contribution is 7.26. The van der Waals surface area contributed by atoms with Crippen LogP contribution in [0.25, 0.3) is 121 Å². The van der Waals surface area contributed by atoms with Crippen LogP contribution in [0.5, 0.6) is 0 Å². The molecule has 0 fully saturated rings. The molecule has 3 heterocycles. The molecule has 0 aliphatic carbocycles. The molecule has 0 atom stereocenters. The molecule has 0 unspecified atom stereocenters. The molecule has 0 saturated heterocycles. The Morgan fingerprint density at radius 3 is 1.42 bits per heavy atom. The highest BCUT2D eigenvalue weighted by atomic mass is 32.1. The van der Waals surface area contributed by atoms with E-state index in [1.807, 2.05) is 35.6 Å². The molecule has 12 aromatic rings. The van der Waals surface area contributed by atoms with E-state index in [4.69, 9.17) is 19.4 Å². The first-order valence-corrected chi connectivity index (χ1v) is 21.6. The van der Waals surface area contributed by atoms with Crippen LogP contribution in [-0.4, -0.2) is 15.0 Å². The number of para-hydroxylation sites is 1. The van der Waals surface area contributed by atoms with E-state index in [0.717, 1.165) is 66.4 Å². The zero-order valence-corrected chi connectivity index (χ0v) is 34.2. The zero-order chi connectivity index (χ0) is 41.0. The molecule has 12 rings (SSSR count). The van der Waals surface area contributed by atoms with Gasteiger partial charge < -0.3 is 4.42 Å². The number of thiophene rings is 1. The molecular weight excluding hydrogens is 775 g/mol. The van der Waals surface area contributed by atoms with Crippen LogP contribution in [0.4, 0.5) is 0 Å². The summed E-state index contributed by atoms with van der Waals surface area (Å²) in [5.74, 6) is 1.76. The average molecular weight is 810 g/mol. The molecule has 0 N–H and O–H groups in total. The second kappa shape index (κ2) is 14.9. The van der Waals surface area contributed by atoms with Gasteiger partial charge in [-0.3, -0.25) is 0 Å². The van der Waals surface area contributed by atoms with E-state index >= 15 is 0 Å². The average Bonchev–Trinajstić information content (AvgIpc) is 3.93. The predicted molar refractivity (Wildman–Crippen MR) is 258 cm³/mol. The van der Waals surface area contributed by atoms with Gasteiger partial charge in [0.05, 0.1) is 0 Å². The largest absolute Gasteiger partial charge is 0.456 e. The van der Waals surface area contributed by atoms with Gasteiger partial charge in [0.25, 0.3) is 0 Å². The first-order chi connectivity index (χ1) is 30.7. The van der Waals surface area contributed by atoms with Crippen molar-refractivity contribution in [1.29, 1.82) is 0 Å². The van der Waals surface area contributed by atoms with Crippen molar-refractivity contribution < 1.29 is 4.42 Å². The van der Waals surface area contributed by atoms with Crippen LogP contribution < -0.4 is 0 Å². The van der Waals surface area contributed by atoms with Crippen molar-refractivity contribution in [2.75, 3.05) is 0 Å². The van der Waals surface area contributed by atoms with Gasteiger partial charge in [0.1, 0.15) is 11.2 Å². The van der Waals surface area contributed by atoms with Crippen LogP contribution in [0.2, 0.25) is 0 Å². The van der Waals surface area contributed by atoms with E-state index in [9.17, 15) is 0 Å². The highest BCUT2D eigenvalue weighted by Crippen LogP contribution is 2.45. The maximum Gasteiger partial charge on any atom is 0.164 e. The first-order valence-electron chi connectivity index (χ1n) is 20.7. The highest BCUT2D eigenvalue weighted by Gasteiger charge is 2.19. The Balaban J connectivity index is 1.08. The molecule has 5 heteroatoms. The van der Waals surface area contributed by atoms with Crippen molar-refractivity contribution >= 4 is 53.4 Å². The summed E-state index contributed by atoms with van der Waals surface area (Å²) < 4.78 is 8.89. The van der Waals surface area contributed by atoms with Crippen LogP contribution in [0.15, 0.2) is 217 Å². The Hall–Kier alpha value is -7.99. The molecule has 290 valence electrons. The minimum Gasteiger partial charge on any atom is -0.456 e. The molecular formula is C57H35N3OS. The van der Waals surface area contributed by atoms with Gasteiger partial charge in [-0.25, -0.2) is 15.0 Å². The third-order valence-electron chi connectivity index (χ3n) is 11.7. The second-order valence-electron chi connectivity index (χ2n) is 15.6. The minimum absolute atomic E-state index is 0.573. The fourth-order valence-electron chi connectivity index (χ4n) is 8.70. The van der Waals surface area contributed by atoms with Crippen LogP contribution >= 0.6 is 11.3 Å². The minimum atomic E-state index is 0.573. The summed E-state index contributed by atoms with van der Waals surface area (Å²) >= 11 is 1.86. The lowest BCUT2D eigenvalue weighted by Crippen LogP contribution is -2.01. The molecule has 3 aromatic heterocycles. The van der Waals surface area contributed by atoms with E-state index < -0.39 is 0 Å². The summed E-state index contributed by atoms with van der Waals surface area (Å²) in [5, 5.41) is 4.65. The van der Waals surface area contributed by atoms with Crippen LogP contribution in [0.1, 0.15) is 0 Å². The van der Waals surface area contributed by atoms with Gasteiger partial charge in [-0.05, 0) is 87.0 Å². The van der Waals surface area contributed by atoms with Gasteiger partial charge in [0.2, 0.25) is 0 Å². The Morgan fingerprint density at radius 2 is 0.726 bits per heavy atom. The number of furan rings is 1. The van der Waals surface area contributed by atoms with E-state index in [0.29, 0.717) is 17.5 Å². The Labute approximate surface area is 362 Å². The summed E-state index contributed by atoms with van der Waals surface area (Å²) in [6, 6.07) is 74.6. The molecule has 0 spiro atoms. The van der Waals surface area contributed by atoms with Crippen LogP contribution in [0, 0.1) is 0 Å². The maximum absolute atomic E-state index is 6.36. The quantitative estimate of drug-likeness (QED) is 0.161. The summed E-state index contributed by atoms with van der Waals surface area (Å²) in [6.45, 7) is 0. The first kappa shape index (κ1) is 35.9. The number of nitrogens with zero attached hydrogens (tertiary/aromatic N) is 3. The number of rotatable bonds is 7. The van der Waals surface area contributed by atoms with E-state index in [-0.39, 0.29) is 0 Å². The van der Waals surface area contributed by atoms with Crippen molar-refractivity contribution in [1.82, 2.24) is 15.0 Å². The SMILES string of the molecule is c1ccc(-c2cccc(-c3nc(-c4cc(-c5ccccc5)cc(-c5cccc6c5sc5c(-c7ccccc7)cccc56)c4)nc(-c4ccc5c(c4)oc4ccccc45)n3)c2)cc1. The molecule has 0 radical (unpaired) electrons. The van der Waals surface area contributed by atoms with Crippen molar-refractivity contribution in [3.05, 3.63) is 212 Å². The molecule has 0 aliphatic rings. The molecule has 9 aromatic carbocycles. The topological polar surface area (TPSA) is 51.8 Å². The number of hydrogen-bond donors (Lipinski definition) is 0. The fourth-order valence-corrected chi connectivity index (χ4v) is 10.1. The Kier molecular flexibility index (Phi) is 8.65. The third-order valence-corrected chi connectivity index (χ3v) is 13.0. The Bertz CT molecular complexity index is 3630. The van der Waals surface area contributed by atoms with E-state index in [1.165, 1.54) is 36.9 Å². The predicted octanol–water partition coefficient (Wildman–Crippen LogP) is 15.8. The molecule has 4 nitrogen and oxygen atoms in total. The van der Waals surface area contributed by atoms with E-state index in [2.05, 4.69) is 188 Å². The summed E-state index contributed by atoms with van der Waals surface area (Å²) in [5.41, 5.74) is 13.5. The van der Waals surface area contributed by atoms with Gasteiger partial charge in [-0.1, -0.05) is 170 Å². The van der Waals surface area contributed by atoms with Crippen molar-refractivity contribution in [2.45, 2.75) is 0 Å². The van der Waals surface area contributed by atoms with Gasteiger partial charge in [0.15, 0.2) is 17.5 Å². The number of hydrogen-bond acceptors (Lipinski definition) is 5. The van der Waals surface area contributed by atoms with Crippen molar-refractivity contribution in [3.8, 4) is 78.7 Å². The standard InChI is InChI=1S/C57H35N3OS/c1-4-15-36(16-5-1)39-21-12-22-40(31-39)55-58-56(41-29-30-48-47-23-10-11-28-51(47)61-52(48)35-41)60-57(59-55)44-33-42(37-17-6-2-7-18-37)32-43(34-44)46-25-14-27-50-49-26-13-24-45(53(49)62-54(46)50)38-19-8-3-9-20-38/h1-35H. The van der Waals surface area contributed by atoms with Crippen molar-refractivity contribution in [2.24, 2.45) is 0 Å². The lowest BCUT2D eigenvalue weighted by Gasteiger charge is -2.13. The van der Waals surface area contributed by atoms with Gasteiger partial charge in [0, 0.05) is 47.6 Å². The monoisotopic (exact) mass is 809 g/mol. The summed E-state index contributed by atoms with van der Waals surface area (Å²) in [4.78, 5) is 15.8. The Morgan fingerprint density at radius 1 is 0.274 bits per heavy atom. The molecule has 0 bridgehead atoms. The van der Waals surface area contributed by atoms with Gasteiger partial charge in [-0.15, -0.1) is 11.3 Å². The van der Waals surface area contributed by atoms with Gasteiger partial charge in [-0.2, -0.15) is 0 Å². The molecule has 62 heavy (non-hydrogen) atoms. The third kappa shape index (κ3) is 6.35. The fraction of sp³-hybridized carbons (Fsp3) is 0.